The van der Waals surface area contributed by atoms with Crippen LogP contribution in [0.5, 0.6) is 0 Å². The lowest BCUT2D eigenvalue weighted by atomic mass is 9.65. The average Bonchev–Trinajstić information content (AvgIpc) is 3.37. The summed E-state index contributed by atoms with van der Waals surface area (Å²) in [6, 6.07) is 70.5. The summed E-state index contributed by atoms with van der Waals surface area (Å²) in [6.45, 7) is 10.3. The predicted octanol–water partition coefficient (Wildman–Crippen LogP) is 15.8. The van der Waals surface area contributed by atoms with Crippen LogP contribution in [-0.2, 0) is 18.4 Å². The van der Waals surface area contributed by atoms with Gasteiger partial charge in [-0.1, -0.05) is 149 Å². The lowest BCUT2D eigenvalue weighted by molar-refractivity contribution is -0.730. The Morgan fingerprint density at radius 3 is 2.00 bits per heavy atom. The quantitative estimate of drug-likeness (QED) is 0.102. The smallest absolute Gasteiger partial charge is 0.198 e. The molecule has 2 heteroatoms. The van der Waals surface area contributed by atoms with E-state index in [-0.39, 0.29) is 5.41 Å². The number of pyridine rings is 2. The lowest BCUT2D eigenvalue weighted by Gasteiger charge is -2.41. The molecule has 0 amide bonds. The summed E-state index contributed by atoms with van der Waals surface area (Å²) >= 11 is 0. The minimum atomic E-state index is -0.00484. The number of unbranched alkanes of at least 4 members (excludes halogenated alkanes) is 1. The molecular formula is C63H60N2+2. The molecule has 3 heterocycles. The second-order valence-corrected chi connectivity index (χ2v) is 18.2. The van der Waals surface area contributed by atoms with Gasteiger partial charge < -0.3 is 0 Å². The van der Waals surface area contributed by atoms with Crippen molar-refractivity contribution in [3.8, 4) is 67.0 Å². The van der Waals surface area contributed by atoms with E-state index in [1.165, 1.54) is 107 Å². The summed E-state index contributed by atoms with van der Waals surface area (Å²) in [4.78, 5) is 0. The molecule has 0 saturated heterocycles. The van der Waals surface area contributed by atoms with Crippen LogP contribution in [0.15, 0.2) is 200 Å². The number of benzene rings is 7. The molecule has 0 fully saturated rings. The summed E-state index contributed by atoms with van der Waals surface area (Å²) in [5.41, 5.74) is 19.3. The van der Waals surface area contributed by atoms with Crippen LogP contribution in [0.2, 0.25) is 0 Å². The monoisotopic (exact) mass is 844 g/mol. The van der Waals surface area contributed by atoms with Crippen LogP contribution in [0.3, 0.4) is 0 Å². The van der Waals surface area contributed by atoms with Crippen molar-refractivity contribution in [1.29, 1.82) is 0 Å². The van der Waals surface area contributed by atoms with Crippen molar-refractivity contribution in [3.05, 3.63) is 217 Å². The Hall–Kier alpha value is -6.90. The molecule has 7 aromatic carbocycles. The molecule has 2 atom stereocenters. The molecule has 0 bridgehead atoms. The maximum Gasteiger partial charge on any atom is 0.213 e. The molecule has 0 N–H and O–H groups in total. The van der Waals surface area contributed by atoms with Gasteiger partial charge in [0.15, 0.2) is 18.4 Å². The molecule has 1 aliphatic heterocycles. The highest BCUT2D eigenvalue weighted by Crippen LogP contribution is 2.49. The fourth-order valence-corrected chi connectivity index (χ4v) is 11.1. The Kier molecular flexibility index (Phi) is 11.8. The van der Waals surface area contributed by atoms with Crippen molar-refractivity contribution in [1.82, 2.24) is 0 Å². The second kappa shape index (κ2) is 18.3. The number of fused-ring (bicyclic) bond motifs is 4. The third-order valence-corrected chi connectivity index (χ3v) is 14.5. The number of hydrogen-bond donors (Lipinski definition) is 0. The molecule has 0 spiro atoms. The van der Waals surface area contributed by atoms with Crippen LogP contribution in [0.4, 0.5) is 0 Å². The molecule has 320 valence electrons. The highest BCUT2D eigenvalue weighted by molar-refractivity contribution is 5.98. The maximum atomic E-state index is 2.66. The molecular weight excluding hydrogens is 785 g/mol. The molecule has 1 aliphatic rings. The Morgan fingerprint density at radius 1 is 0.508 bits per heavy atom. The van der Waals surface area contributed by atoms with Crippen LogP contribution in [0.1, 0.15) is 75.6 Å². The molecule has 2 nitrogen and oxygen atoms in total. The minimum Gasteiger partial charge on any atom is -0.198 e. The van der Waals surface area contributed by atoms with Gasteiger partial charge in [-0.25, -0.2) is 0 Å². The van der Waals surface area contributed by atoms with Gasteiger partial charge in [-0.2, -0.15) is 9.13 Å². The third-order valence-electron chi connectivity index (χ3n) is 14.5. The van der Waals surface area contributed by atoms with Crippen LogP contribution in [-0.4, -0.2) is 0 Å². The molecule has 10 rings (SSSR count). The molecule has 0 aliphatic carbocycles. The first-order valence-corrected chi connectivity index (χ1v) is 24.0. The van der Waals surface area contributed by atoms with E-state index in [2.05, 4.69) is 237 Å². The van der Waals surface area contributed by atoms with E-state index < -0.39 is 0 Å². The van der Waals surface area contributed by atoms with Crippen LogP contribution in [0.25, 0.3) is 77.8 Å². The molecule has 0 radical (unpaired) electrons. The number of hydrogen-bond acceptors (Lipinski definition) is 0. The number of nitrogens with zero attached hydrogens (tertiary/aromatic N) is 2. The SMILES string of the molecule is CCCCc1ccc2[n+](c1)C(CC)C(CC)(CC[n+]1ccccc1-c1cc(-c3cccc(-c4cc(-c5ccccc5)cc(-c5cccc6ccccc56)c4)c3)ccc1C)c1ccccc1-2. The number of aromatic nitrogens is 2. The first-order valence-electron chi connectivity index (χ1n) is 24.0. The second-order valence-electron chi connectivity index (χ2n) is 18.2. The average molecular weight is 845 g/mol. The summed E-state index contributed by atoms with van der Waals surface area (Å²) in [5, 5.41) is 2.52. The van der Waals surface area contributed by atoms with Crippen LogP contribution >= 0.6 is 0 Å². The largest absolute Gasteiger partial charge is 0.213 e. The van der Waals surface area contributed by atoms with Gasteiger partial charge in [-0.15, -0.1) is 0 Å². The van der Waals surface area contributed by atoms with E-state index in [1.54, 1.807) is 0 Å². The lowest BCUT2D eigenvalue weighted by Crippen LogP contribution is -2.57. The van der Waals surface area contributed by atoms with Crippen molar-refractivity contribution in [3.63, 3.8) is 0 Å². The van der Waals surface area contributed by atoms with Gasteiger partial charge in [0.2, 0.25) is 11.4 Å². The van der Waals surface area contributed by atoms with Crippen molar-refractivity contribution in [2.75, 3.05) is 0 Å². The Labute approximate surface area is 386 Å². The highest BCUT2D eigenvalue weighted by atomic mass is 15.0. The molecule has 0 saturated carbocycles. The van der Waals surface area contributed by atoms with Gasteiger partial charge in [-0.3, -0.25) is 0 Å². The Bertz CT molecular complexity index is 3140. The van der Waals surface area contributed by atoms with E-state index >= 15 is 0 Å². The zero-order valence-corrected chi connectivity index (χ0v) is 38.5. The predicted molar refractivity (Wildman–Crippen MR) is 273 cm³/mol. The van der Waals surface area contributed by atoms with E-state index in [0.717, 1.165) is 32.2 Å². The van der Waals surface area contributed by atoms with Gasteiger partial charge in [-0.05, 0) is 141 Å². The number of rotatable bonds is 13. The van der Waals surface area contributed by atoms with E-state index in [1.807, 2.05) is 0 Å². The number of aryl methyl sites for hydroxylation is 3. The van der Waals surface area contributed by atoms with Crippen molar-refractivity contribution >= 4 is 10.8 Å². The van der Waals surface area contributed by atoms with E-state index in [9.17, 15) is 0 Å². The van der Waals surface area contributed by atoms with Crippen molar-refractivity contribution in [2.45, 2.75) is 84.2 Å². The van der Waals surface area contributed by atoms with Crippen molar-refractivity contribution < 1.29 is 9.13 Å². The summed E-state index contributed by atoms with van der Waals surface area (Å²) in [7, 11) is 0. The van der Waals surface area contributed by atoms with Crippen LogP contribution < -0.4 is 9.13 Å². The molecule has 9 aromatic rings. The minimum absolute atomic E-state index is 0.00484. The van der Waals surface area contributed by atoms with Gasteiger partial charge in [0.05, 0.1) is 11.0 Å². The van der Waals surface area contributed by atoms with Gasteiger partial charge in [0.1, 0.15) is 6.54 Å². The fraction of sp³-hybridized carbons (Fsp3) is 0.206. The van der Waals surface area contributed by atoms with Gasteiger partial charge >= 0.3 is 0 Å². The standard InChI is InChI=1S/C63H60N2/c1-5-8-20-46-33-35-61-57-28-14-15-30-59(57)63(7-3,62(6-2)65(61)44-46)36-38-64-37-17-16-31-60(64)58-43-51(34-32-45(58)4)49-25-18-26-50(39-49)53-40-52(47-21-10-9-11-22-47)41-54(42-53)56-29-19-24-48-23-12-13-27-55(48)56/h9-19,21-35,37,39-44,62H,5-8,20,36,38H2,1-4H3/q+2. The third kappa shape index (κ3) is 8.01. The first-order chi connectivity index (χ1) is 32.0. The van der Waals surface area contributed by atoms with Gasteiger partial charge in [0.25, 0.3) is 0 Å². The Morgan fingerprint density at radius 2 is 1.17 bits per heavy atom. The summed E-state index contributed by atoms with van der Waals surface area (Å²) in [6.07, 6.45) is 11.6. The topological polar surface area (TPSA) is 7.76 Å². The summed E-state index contributed by atoms with van der Waals surface area (Å²) < 4.78 is 5.19. The molecule has 2 unspecified atom stereocenters. The Balaban J connectivity index is 1.00. The first kappa shape index (κ1) is 42.1. The summed E-state index contributed by atoms with van der Waals surface area (Å²) in [5.74, 6) is 0. The zero-order chi connectivity index (χ0) is 44.3. The van der Waals surface area contributed by atoms with Gasteiger partial charge in [0, 0.05) is 42.2 Å². The molecule has 2 aromatic heterocycles. The van der Waals surface area contributed by atoms with Crippen LogP contribution in [0, 0.1) is 6.92 Å². The van der Waals surface area contributed by atoms with Crippen molar-refractivity contribution in [2.24, 2.45) is 0 Å². The maximum absolute atomic E-state index is 2.66. The van der Waals surface area contributed by atoms with E-state index in [4.69, 9.17) is 0 Å². The highest BCUT2D eigenvalue weighted by Gasteiger charge is 2.50. The fourth-order valence-electron chi connectivity index (χ4n) is 11.1. The zero-order valence-electron chi connectivity index (χ0n) is 38.5. The normalized spacial score (nSPS) is 15.4. The van der Waals surface area contributed by atoms with E-state index in [0.29, 0.717) is 6.04 Å². The molecule has 65 heavy (non-hydrogen) atoms.